The number of hydrogen-bond donors (Lipinski definition) is 8. The molecule has 8 amide bonds. The number of hydrogen-bond acceptors (Lipinski definition) is 9. The van der Waals surface area contributed by atoms with Gasteiger partial charge in [0, 0.05) is 26.2 Å². The zero-order chi connectivity index (χ0) is 52.8. The van der Waals surface area contributed by atoms with E-state index in [4.69, 9.17) is 0 Å². The third-order valence-electron chi connectivity index (χ3n) is 14.1. The molecule has 0 aliphatic carbocycles. The van der Waals surface area contributed by atoms with Gasteiger partial charge in [-0.25, -0.2) is 4.79 Å². The van der Waals surface area contributed by atoms with Gasteiger partial charge in [-0.1, -0.05) is 121 Å². The Bertz CT molecular complexity index is 2190. The second kappa shape index (κ2) is 29.0. The highest BCUT2D eigenvalue weighted by Crippen LogP contribution is 2.27. The molecule has 6 rings (SSSR count). The van der Waals surface area contributed by atoms with Crippen LogP contribution >= 0.6 is 0 Å². The van der Waals surface area contributed by atoms with Crippen molar-refractivity contribution in [3.63, 3.8) is 0 Å². The highest BCUT2D eigenvalue weighted by molar-refractivity contribution is 5.95. The number of likely N-dealkylation sites (N-methyl/N-ethyl adjacent to an activating group) is 2. The van der Waals surface area contributed by atoms with Crippen molar-refractivity contribution in [2.75, 3.05) is 40.3 Å². The average molecular weight is 1010 g/mol. The van der Waals surface area contributed by atoms with Gasteiger partial charge in [0.2, 0.25) is 35.4 Å². The summed E-state index contributed by atoms with van der Waals surface area (Å²) < 4.78 is 0. The van der Waals surface area contributed by atoms with E-state index in [1.54, 1.807) is 37.7 Å². The second-order valence-electron chi connectivity index (χ2n) is 19.2. The number of unbranched alkanes of at least 4 members (excludes halogenated alkanes) is 2. The van der Waals surface area contributed by atoms with Crippen LogP contribution in [0, 0.1) is 0 Å². The Morgan fingerprint density at radius 1 is 0.473 bits per heavy atom. The molecule has 0 radical (unpaired) electrons. The van der Waals surface area contributed by atoms with Gasteiger partial charge in [-0.05, 0) is 114 Å². The van der Waals surface area contributed by atoms with Gasteiger partial charge >= 0.3 is 6.03 Å². The lowest BCUT2D eigenvalue weighted by Gasteiger charge is -2.30. The first-order chi connectivity index (χ1) is 35.9. The fourth-order valence-electron chi connectivity index (χ4n) is 9.57. The van der Waals surface area contributed by atoms with Crippen LogP contribution in [0.25, 0.3) is 0 Å². The Morgan fingerprint density at radius 3 is 1.11 bits per heavy atom. The Kier molecular flexibility index (Phi) is 22.0. The lowest BCUT2D eigenvalue weighted by Crippen LogP contribution is -2.55. The lowest BCUT2D eigenvalue weighted by atomic mass is 9.98. The Hall–Kier alpha value is -7.11. The summed E-state index contributed by atoms with van der Waals surface area (Å²) in [6.45, 7) is 4.83. The van der Waals surface area contributed by atoms with E-state index in [1.165, 1.54) is 0 Å². The van der Waals surface area contributed by atoms with Crippen LogP contribution in [-0.4, -0.2) is 128 Å². The third kappa shape index (κ3) is 15.9. The van der Waals surface area contributed by atoms with Crippen LogP contribution in [0.1, 0.15) is 112 Å². The quantitative estimate of drug-likeness (QED) is 0.0412. The Morgan fingerprint density at radius 2 is 0.797 bits per heavy atom. The molecule has 17 heteroatoms. The number of likely N-dealkylation sites (tertiary alicyclic amines) is 2. The maximum absolute atomic E-state index is 14.3. The zero-order valence-electron chi connectivity index (χ0n) is 43.3. The van der Waals surface area contributed by atoms with Gasteiger partial charge in [-0.2, -0.15) is 0 Å². The van der Waals surface area contributed by atoms with Crippen LogP contribution in [0.3, 0.4) is 0 Å². The van der Waals surface area contributed by atoms with E-state index in [-0.39, 0.29) is 41.5 Å². The first kappa shape index (κ1) is 56.2. The molecule has 396 valence electrons. The van der Waals surface area contributed by atoms with Gasteiger partial charge in [-0.3, -0.25) is 28.8 Å². The van der Waals surface area contributed by atoms with Crippen LogP contribution in [0.2, 0.25) is 0 Å². The molecule has 17 nitrogen and oxygen atoms in total. The fraction of sp³-hybridized carbons (Fsp3) is 0.456. The van der Waals surface area contributed by atoms with Gasteiger partial charge in [-0.15, -0.1) is 0 Å². The van der Waals surface area contributed by atoms with E-state index in [0.29, 0.717) is 90.4 Å². The highest BCUT2D eigenvalue weighted by Gasteiger charge is 2.40. The molecular weight excluding hydrogens is 937 g/mol. The number of urea groups is 1. The molecule has 2 fully saturated rings. The van der Waals surface area contributed by atoms with E-state index in [0.717, 1.165) is 22.3 Å². The van der Waals surface area contributed by atoms with Crippen LogP contribution in [-0.2, 0) is 28.8 Å². The number of carbonyl (C=O) groups excluding carboxylic acids is 7. The van der Waals surface area contributed by atoms with Gasteiger partial charge in [0.15, 0.2) is 0 Å². The average Bonchev–Trinajstić information content (AvgIpc) is 4.15. The zero-order valence-corrected chi connectivity index (χ0v) is 43.3. The number of benzene rings is 4. The Balaban J connectivity index is 0.974. The molecule has 2 heterocycles. The van der Waals surface area contributed by atoms with E-state index >= 15 is 0 Å². The number of amides is 8. The molecule has 2 aliphatic rings. The molecule has 0 spiro atoms. The molecule has 2 saturated heterocycles. The smallest absolute Gasteiger partial charge is 0.314 e. The first-order valence-electron chi connectivity index (χ1n) is 26.3. The van der Waals surface area contributed by atoms with Crippen LogP contribution in [0.15, 0.2) is 121 Å². The summed E-state index contributed by atoms with van der Waals surface area (Å²) >= 11 is 0. The van der Waals surface area contributed by atoms with E-state index < -0.39 is 48.3 Å². The minimum absolute atomic E-state index is 0.259. The highest BCUT2D eigenvalue weighted by atomic mass is 16.2. The van der Waals surface area contributed by atoms with Crippen molar-refractivity contribution in [1.82, 2.24) is 52.3 Å². The molecule has 4 aromatic carbocycles. The predicted octanol–water partition coefficient (Wildman–Crippen LogP) is 4.61. The molecule has 0 aromatic heterocycles. The van der Waals surface area contributed by atoms with Crippen molar-refractivity contribution in [3.05, 3.63) is 144 Å². The number of nitrogens with zero attached hydrogens (tertiary/aromatic N) is 2. The van der Waals surface area contributed by atoms with Gasteiger partial charge in [0.25, 0.3) is 0 Å². The van der Waals surface area contributed by atoms with Crippen LogP contribution in [0.4, 0.5) is 4.79 Å². The van der Waals surface area contributed by atoms with Gasteiger partial charge < -0.3 is 52.3 Å². The summed E-state index contributed by atoms with van der Waals surface area (Å²) in [5.41, 5.74) is 3.68. The Labute approximate surface area is 436 Å². The summed E-state index contributed by atoms with van der Waals surface area (Å²) in [7, 11) is 3.34. The number of rotatable bonds is 26. The van der Waals surface area contributed by atoms with Gasteiger partial charge in [0.05, 0.1) is 24.2 Å². The summed E-state index contributed by atoms with van der Waals surface area (Å²) in [6.07, 6.45) is 4.96. The lowest BCUT2D eigenvalue weighted by molar-refractivity contribution is -0.142. The van der Waals surface area contributed by atoms with Crippen molar-refractivity contribution < 1.29 is 33.6 Å². The molecule has 0 saturated carbocycles. The molecule has 2 aliphatic heterocycles. The molecule has 6 atom stereocenters. The molecule has 74 heavy (non-hydrogen) atoms. The largest absolute Gasteiger partial charge is 0.343 e. The van der Waals surface area contributed by atoms with Crippen molar-refractivity contribution >= 4 is 41.5 Å². The topological polar surface area (TPSA) is 222 Å². The number of nitrogens with one attached hydrogen (secondary N) is 8. The predicted molar refractivity (Wildman–Crippen MR) is 285 cm³/mol. The summed E-state index contributed by atoms with van der Waals surface area (Å²) in [5.74, 6) is -1.81. The summed E-state index contributed by atoms with van der Waals surface area (Å²) in [6, 6.07) is 33.4. The summed E-state index contributed by atoms with van der Waals surface area (Å²) in [4.78, 5) is 98.8. The molecule has 4 aromatic rings. The van der Waals surface area contributed by atoms with Crippen LogP contribution in [0.5, 0.6) is 0 Å². The number of carbonyl (C=O) groups is 7. The van der Waals surface area contributed by atoms with E-state index in [2.05, 4.69) is 42.5 Å². The van der Waals surface area contributed by atoms with E-state index in [1.807, 2.05) is 121 Å². The van der Waals surface area contributed by atoms with Crippen molar-refractivity contribution in [1.29, 1.82) is 0 Å². The SMILES string of the molecule is CN[C@@H](C)C(=O)N[C@@H](CCCCNC(=O)NCCCC[C@H](NC(=O)[C@H](C)NC)C(=O)N1CCC[C@H]1C(=O)NC(c1ccccc1)c1ccccc1)C(=O)N1CCC[C@H]1C(=O)NC(c1ccccc1)c1ccccc1. The minimum Gasteiger partial charge on any atom is -0.343 e. The van der Waals surface area contributed by atoms with Crippen molar-refractivity contribution in [2.24, 2.45) is 0 Å². The second-order valence-corrected chi connectivity index (χ2v) is 19.2. The monoisotopic (exact) mass is 1010 g/mol. The molecule has 0 unspecified atom stereocenters. The standard InChI is InChI=1S/C57H76N10O7/c1-39(58-3)51(68)62-45(55(72)66-37-21-33-47(66)53(70)64-49(41-23-9-5-10-24-41)42-25-11-6-12-26-42)31-17-19-35-60-57(74)61-36-20-18-32-46(63-52(69)40(2)59-4)56(73)67-38-22-34-48(67)54(71)65-50(43-27-13-7-14-28-43)44-29-15-8-16-30-44/h5-16,23-30,39-40,45-50,58-59H,17-22,31-38H2,1-4H3,(H,62,68)(H,63,69)(H,64,70)(H,65,71)(H2,60,61,74)/t39-,40-,45-,46-,47-,48-/m0/s1. The van der Waals surface area contributed by atoms with Crippen LogP contribution < -0.4 is 42.5 Å². The first-order valence-corrected chi connectivity index (χ1v) is 26.3. The van der Waals surface area contributed by atoms with Crippen molar-refractivity contribution in [3.8, 4) is 0 Å². The van der Waals surface area contributed by atoms with Gasteiger partial charge in [0.1, 0.15) is 24.2 Å². The molecule has 8 N–H and O–H groups in total. The normalized spacial score (nSPS) is 16.9. The fourth-order valence-corrected chi connectivity index (χ4v) is 9.57. The van der Waals surface area contributed by atoms with E-state index in [9.17, 15) is 33.6 Å². The molecule has 0 bridgehead atoms. The van der Waals surface area contributed by atoms with Crippen molar-refractivity contribution in [2.45, 2.75) is 126 Å². The maximum atomic E-state index is 14.3. The third-order valence-corrected chi connectivity index (χ3v) is 14.1. The minimum atomic E-state index is -0.873. The summed E-state index contributed by atoms with van der Waals surface area (Å²) in [5, 5.41) is 23.8. The molecular formula is C57H76N10O7. The maximum Gasteiger partial charge on any atom is 0.314 e.